The fraction of sp³-hybridized carbons (Fsp3) is 0.500. The van der Waals surface area contributed by atoms with Crippen molar-refractivity contribution >= 4 is 23.5 Å². The molecular weight excluding hydrogens is 290 g/mol. The number of benzene rings is 1. The molecular formula is C16H20ClNO3. The molecule has 0 radical (unpaired) electrons. The third-order valence-electron chi connectivity index (χ3n) is 4.49. The number of piperidine rings is 1. The summed E-state index contributed by atoms with van der Waals surface area (Å²) in [5.74, 6) is -0.945. The van der Waals surface area contributed by atoms with Gasteiger partial charge in [-0.25, -0.2) is 0 Å². The molecule has 1 aromatic carbocycles. The highest BCUT2D eigenvalue weighted by Gasteiger charge is 2.42. The summed E-state index contributed by atoms with van der Waals surface area (Å²) in [5, 5.41) is 10.1. The number of halogens is 1. The maximum atomic E-state index is 12.7. The lowest BCUT2D eigenvalue weighted by Gasteiger charge is -2.39. The fourth-order valence-corrected chi connectivity index (χ4v) is 3.10. The fourth-order valence-electron chi connectivity index (χ4n) is 2.93. The Bertz CT molecular complexity index is 573. The highest BCUT2D eigenvalue weighted by molar-refractivity contribution is 6.31. The van der Waals surface area contributed by atoms with Crippen molar-refractivity contribution in [1.82, 2.24) is 4.90 Å². The number of carbonyl (C=O) groups is 2. The third-order valence-corrected chi connectivity index (χ3v) is 4.90. The Kier molecular flexibility index (Phi) is 4.57. The van der Waals surface area contributed by atoms with Gasteiger partial charge in [0.25, 0.3) is 5.91 Å². The van der Waals surface area contributed by atoms with E-state index in [2.05, 4.69) is 0 Å². The average molecular weight is 310 g/mol. The lowest BCUT2D eigenvalue weighted by Crippen LogP contribution is -2.49. The minimum Gasteiger partial charge on any atom is -0.481 e. The molecule has 0 aliphatic carbocycles. The molecule has 0 saturated carbocycles. The average Bonchev–Trinajstić information content (AvgIpc) is 2.49. The van der Waals surface area contributed by atoms with E-state index < -0.39 is 11.4 Å². The van der Waals surface area contributed by atoms with E-state index in [9.17, 15) is 14.7 Å². The van der Waals surface area contributed by atoms with Crippen molar-refractivity contribution < 1.29 is 14.7 Å². The Morgan fingerprint density at radius 1 is 1.43 bits per heavy atom. The van der Waals surface area contributed by atoms with Gasteiger partial charge >= 0.3 is 5.97 Å². The van der Waals surface area contributed by atoms with Gasteiger partial charge < -0.3 is 10.0 Å². The van der Waals surface area contributed by atoms with Crippen molar-refractivity contribution in [2.24, 2.45) is 5.41 Å². The Hall–Kier alpha value is -1.55. The second-order valence-corrected chi connectivity index (χ2v) is 6.09. The van der Waals surface area contributed by atoms with Crippen LogP contribution in [0.15, 0.2) is 18.2 Å². The highest BCUT2D eigenvalue weighted by Crippen LogP contribution is 2.34. The van der Waals surface area contributed by atoms with Crippen LogP contribution in [0.4, 0.5) is 0 Å². The second-order valence-electron chi connectivity index (χ2n) is 5.68. The van der Waals surface area contributed by atoms with Crippen molar-refractivity contribution in [1.29, 1.82) is 0 Å². The monoisotopic (exact) mass is 309 g/mol. The molecule has 1 heterocycles. The van der Waals surface area contributed by atoms with E-state index in [0.29, 0.717) is 36.4 Å². The van der Waals surface area contributed by atoms with E-state index in [1.165, 1.54) is 0 Å². The highest BCUT2D eigenvalue weighted by atomic mass is 35.5. The number of hydrogen-bond donors (Lipinski definition) is 1. The zero-order valence-electron chi connectivity index (χ0n) is 12.4. The van der Waals surface area contributed by atoms with Crippen LogP contribution in [-0.4, -0.2) is 35.0 Å². The van der Waals surface area contributed by atoms with Crippen LogP contribution in [0.5, 0.6) is 0 Å². The summed E-state index contributed by atoms with van der Waals surface area (Å²) >= 11 is 6.07. The second kappa shape index (κ2) is 6.06. The molecule has 114 valence electrons. The number of aliphatic carboxylic acids is 1. The first-order chi connectivity index (χ1) is 9.91. The van der Waals surface area contributed by atoms with E-state index in [-0.39, 0.29) is 12.5 Å². The number of nitrogens with zero attached hydrogens (tertiary/aromatic N) is 1. The van der Waals surface area contributed by atoms with Gasteiger partial charge in [-0.2, -0.15) is 0 Å². The zero-order chi connectivity index (χ0) is 15.6. The van der Waals surface area contributed by atoms with Crippen LogP contribution in [0, 0.1) is 12.3 Å². The topological polar surface area (TPSA) is 57.6 Å². The molecule has 4 nitrogen and oxygen atoms in total. The number of carboxylic acid groups (broad SMARTS) is 1. The first-order valence-corrected chi connectivity index (χ1v) is 7.57. The van der Waals surface area contributed by atoms with Crippen molar-refractivity contribution in [3.8, 4) is 0 Å². The summed E-state index contributed by atoms with van der Waals surface area (Å²) < 4.78 is 0. The molecule has 1 aliphatic heterocycles. The van der Waals surface area contributed by atoms with Gasteiger partial charge in [0, 0.05) is 23.7 Å². The summed E-state index contributed by atoms with van der Waals surface area (Å²) in [4.78, 5) is 25.9. The summed E-state index contributed by atoms with van der Waals surface area (Å²) in [5.41, 5.74) is 0.479. The first-order valence-electron chi connectivity index (χ1n) is 7.19. The molecule has 21 heavy (non-hydrogen) atoms. The maximum Gasteiger partial charge on any atom is 0.311 e. The zero-order valence-corrected chi connectivity index (χ0v) is 13.1. The van der Waals surface area contributed by atoms with Gasteiger partial charge in [0.2, 0.25) is 0 Å². The Morgan fingerprint density at radius 3 is 2.76 bits per heavy atom. The molecule has 1 atom stereocenters. The number of likely N-dealkylation sites (tertiary alicyclic amines) is 1. The summed E-state index contributed by atoms with van der Waals surface area (Å²) in [6.07, 6.45) is 1.86. The maximum absolute atomic E-state index is 12.7. The van der Waals surface area contributed by atoms with Crippen LogP contribution in [0.1, 0.15) is 42.1 Å². The predicted octanol–water partition coefficient (Wildman–Crippen LogP) is 3.37. The summed E-state index contributed by atoms with van der Waals surface area (Å²) in [6, 6.07) is 5.24. The molecule has 1 fully saturated rings. The number of hydrogen-bond acceptors (Lipinski definition) is 2. The molecule has 1 saturated heterocycles. The van der Waals surface area contributed by atoms with Gasteiger partial charge in [0.1, 0.15) is 0 Å². The van der Waals surface area contributed by atoms with Crippen LogP contribution in [0.2, 0.25) is 5.02 Å². The number of rotatable bonds is 3. The van der Waals surface area contributed by atoms with Crippen molar-refractivity contribution in [2.75, 3.05) is 13.1 Å². The van der Waals surface area contributed by atoms with Gasteiger partial charge in [-0.3, -0.25) is 9.59 Å². The largest absolute Gasteiger partial charge is 0.481 e. The van der Waals surface area contributed by atoms with E-state index in [1.807, 2.05) is 13.8 Å². The quantitative estimate of drug-likeness (QED) is 0.931. The molecule has 1 unspecified atom stereocenters. The van der Waals surface area contributed by atoms with Crippen LogP contribution in [0.3, 0.4) is 0 Å². The molecule has 1 amide bonds. The van der Waals surface area contributed by atoms with Gasteiger partial charge in [-0.05, 0) is 43.9 Å². The predicted molar refractivity (Wildman–Crippen MR) is 81.7 cm³/mol. The molecule has 1 aliphatic rings. The van der Waals surface area contributed by atoms with Gasteiger partial charge in [-0.15, -0.1) is 0 Å². The van der Waals surface area contributed by atoms with Crippen LogP contribution in [0.25, 0.3) is 0 Å². The standard InChI is InChI=1S/C16H20ClNO3/c1-3-16(15(20)21)8-5-9-18(10-16)14(19)12-6-4-7-13(17)11(12)2/h4,6-7H,3,5,8-10H2,1-2H3,(H,20,21). The Labute approximate surface area is 129 Å². The lowest BCUT2D eigenvalue weighted by molar-refractivity contribution is -0.152. The number of amides is 1. The van der Waals surface area contributed by atoms with Gasteiger partial charge in [0.15, 0.2) is 0 Å². The molecule has 0 aromatic heterocycles. The number of carbonyl (C=O) groups excluding carboxylic acids is 1. The van der Waals surface area contributed by atoms with Crippen LogP contribution >= 0.6 is 11.6 Å². The normalized spacial score (nSPS) is 22.1. The van der Waals surface area contributed by atoms with Crippen molar-refractivity contribution in [3.05, 3.63) is 34.3 Å². The lowest BCUT2D eigenvalue weighted by atomic mass is 9.77. The van der Waals surface area contributed by atoms with Crippen molar-refractivity contribution in [2.45, 2.75) is 33.1 Å². The van der Waals surface area contributed by atoms with Gasteiger partial charge in [0.05, 0.1) is 5.41 Å². The molecule has 1 aromatic rings. The summed E-state index contributed by atoms with van der Waals surface area (Å²) in [6.45, 7) is 4.54. The molecule has 1 N–H and O–H groups in total. The van der Waals surface area contributed by atoms with E-state index in [4.69, 9.17) is 11.6 Å². The van der Waals surface area contributed by atoms with Gasteiger partial charge in [-0.1, -0.05) is 24.6 Å². The third kappa shape index (κ3) is 2.91. The Balaban J connectivity index is 2.27. The van der Waals surface area contributed by atoms with Crippen molar-refractivity contribution in [3.63, 3.8) is 0 Å². The van der Waals surface area contributed by atoms with E-state index in [1.54, 1.807) is 23.1 Å². The molecule has 2 rings (SSSR count). The van der Waals surface area contributed by atoms with E-state index in [0.717, 1.165) is 5.56 Å². The van der Waals surface area contributed by atoms with Crippen LogP contribution < -0.4 is 0 Å². The minimum absolute atomic E-state index is 0.131. The Morgan fingerprint density at radius 2 is 2.14 bits per heavy atom. The van der Waals surface area contributed by atoms with Crippen LogP contribution in [-0.2, 0) is 4.79 Å². The molecule has 0 spiro atoms. The molecule has 5 heteroatoms. The minimum atomic E-state index is -0.819. The smallest absolute Gasteiger partial charge is 0.311 e. The molecule has 0 bridgehead atoms. The van der Waals surface area contributed by atoms with E-state index >= 15 is 0 Å². The summed E-state index contributed by atoms with van der Waals surface area (Å²) in [7, 11) is 0. The SMILES string of the molecule is CCC1(C(=O)O)CCCN(C(=O)c2cccc(Cl)c2C)C1. The first kappa shape index (κ1) is 15.8. The number of carboxylic acids is 1.